The zero-order valence-electron chi connectivity index (χ0n) is 13.6. The van der Waals surface area contributed by atoms with Gasteiger partial charge in [0, 0.05) is 29.8 Å². The van der Waals surface area contributed by atoms with Crippen molar-refractivity contribution in [2.75, 3.05) is 12.4 Å². The number of benzene rings is 2. The number of phenols is 1. The predicted octanol–water partition coefficient (Wildman–Crippen LogP) is 2.04. The first-order valence-corrected chi connectivity index (χ1v) is 8.94. The van der Waals surface area contributed by atoms with Crippen molar-refractivity contribution < 1.29 is 18.3 Å². The van der Waals surface area contributed by atoms with Gasteiger partial charge in [-0.25, -0.2) is 13.1 Å². The molecule has 0 saturated heterocycles. The smallest absolute Gasteiger partial charge is 0.257 e. The number of para-hydroxylation sites is 1. The van der Waals surface area contributed by atoms with Crippen molar-refractivity contribution in [3.05, 3.63) is 54.2 Å². The minimum absolute atomic E-state index is 0.268. The summed E-state index contributed by atoms with van der Waals surface area (Å²) < 4.78 is 27.8. The maximum atomic E-state index is 12.6. The summed E-state index contributed by atoms with van der Waals surface area (Å²) in [6.45, 7) is 0. The van der Waals surface area contributed by atoms with Crippen LogP contribution in [0.25, 0.3) is 10.9 Å². The van der Waals surface area contributed by atoms with Crippen LogP contribution in [0.3, 0.4) is 0 Å². The number of carbonyl (C=O) groups is 1. The van der Waals surface area contributed by atoms with Crippen molar-refractivity contribution in [2.45, 2.75) is 4.90 Å². The van der Waals surface area contributed by atoms with Crippen LogP contribution in [-0.2, 0) is 17.1 Å². The number of aryl methyl sites for hydroxylation is 1. The molecule has 1 amide bonds. The second-order valence-electron chi connectivity index (χ2n) is 5.52. The van der Waals surface area contributed by atoms with Crippen LogP contribution in [-0.4, -0.2) is 31.0 Å². The van der Waals surface area contributed by atoms with Crippen LogP contribution >= 0.6 is 0 Å². The zero-order valence-corrected chi connectivity index (χ0v) is 14.5. The highest BCUT2D eigenvalue weighted by Gasteiger charge is 2.19. The Morgan fingerprint density at radius 2 is 1.88 bits per heavy atom. The number of carbonyl (C=O) groups excluding carboxylic acids is 1. The molecule has 1 aromatic heterocycles. The number of nitrogens with one attached hydrogen (secondary N) is 2. The number of fused-ring (bicyclic) bond motifs is 1. The molecule has 0 spiro atoms. The van der Waals surface area contributed by atoms with E-state index in [0.717, 1.165) is 10.9 Å². The predicted molar refractivity (Wildman–Crippen MR) is 95.2 cm³/mol. The van der Waals surface area contributed by atoms with E-state index < -0.39 is 15.8 Å². The standard InChI is InChI=1S/C17H17N3O4S/c1-18-25(23,24)16-9-11(7-8-15(16)21)19-17(22)13-10-20(2)14-6-4-3-5-12(13)14/h3-10,18,21H,1-2H3,(H,19,22). The van der Waals surface area contributed by atoms with E-state index in [4.69, 9.17) is 0 Å². The number of sulfonamides is 1. The third kappa shape index (κ3) is 3.09. The molecule has 0 saturated carbocycles. The number of rotatable bonds is 4. The first kappa shape index (κ1) is 17.0. The van der Waals surface area contributed by atoms with Crippen LogP contribution in [0.4, 0.5) is 5.69 Å². The van der Waals surface area contributed by atoms with Gasteiger partial charge in [0.2, 0.25) is 10.0 Å². The van der Waals surface area contributed by atoms with Crippen molar-refractivity contribution >= 4 is 32.5 Å². The zero-order chi connectivity index (χ0) is 18.2. The molecule has 0 radical (unpaired) electrons. The summed E-state index contributed by atoms with van der Waals surface area (Å²) >= 11 is 0. The van der Waals surface area contributed by atoms with Crippen molar-refractivity contribution in [2.24, 2.45) is 7.05 Å². The van der Waals surface area contributed by atoms with Gasteiger partial charge >= 0.3 is 0 Å². The van der Waals surface area contributed by atoms with Crippen LogP contribution in [0, 0.1) is 0 Å². The number of anilines is 1. The second kappa shape index (κ2) is 6.23. The molecular weight excluding hydrogens is 342 g/mol. The average molecular weight is 359 g/mol. The van der Waals surface area contributed by atoms with Gasteiger partial charge in [0.05, 0.1) is 5.56 Å². The van der Waals surface area contributed by atoms with Crippen molar-refractivity contribution in [3.63, 3.8) is 0 Å². The lowest BCUT2D eigenvalue weighted by Gasteiger charge is -2.09. The molecule has 3 N–H and O–H groups in total. The topological polar surface area (TPSA) is 100 Å². The molecule has 130 valence electrons. The molecule has 25 heavy (non-hydrogen) atoms. The van der Waals surface area contributed by atoms with Crippen molar-refractivity contribution in [3.8, 4) is 5.75 Å². The van der Waals surface area contributed by atoms with Gasteiger partial charge in [-0.15, -0.1) is 0 Å². The third-order valence-corrected chi connectivity index (χ3v) is 5.36. The molecule has 0 aliphatic carbocycles. The lowest BCUT2D eigenvalue weighted by molar-refractivity contribution is 0.102. The maximum Gasteiger partial charge on any atom is 0.257 e. The van der Waals surface area contributed by atoms with E-state index in [1.807, 2.05) is 35.9 Å². The Kier molecular flexibility index (Phi) is 4.23. The molecule has 8 heteroatoms. The van der Waals surface area contributed by atoms with E-state index in [-0.39, 0.29) is 16.5 Å². The van der Waals surface area contributed by atoms with Gasteiger partial charge in [-0.2, -0.15) is 0 Å². The van der Waals surface area contributed by atoms with E-state index in [0.29, 0.717) is 5.56 Å². The number of nitrogens with zero attached hydrogens (tertiary/aromatic N) is 1. The van der Waals surface area contributed by atoms with E-state index in [1.54, 1.807) is 6.20 Å². The number of aromatic hydroxyl groups is 1. The van der Waals surface area contributed by atoms with E-state index >= 15 is 0 Å². The Hall–Kier alpha value is -2.84. The first-order valence-electron chi connectivity index (χ1n) is 7.45. The summed E-state index contributed by atoms with van der Waals surface area (Å²) in [5.74, 6) is -0.757. The molecule has 0 unspecified atom stereocenters. The Labute approximate surface area is 145 Å². The van der Waals surface area contributed by atoms with Crippen LogP contribution in [0.15, 0.2) is 53.6 Å². The molecule has 2 aromatic carbocycles. The summed E-state index contributed by atoms with van der Waals surface area (Å²) in [5, 5.41) is 13.2. The fourth-order valence-electron chi connectivity index (χ4n) is 2.64. The van der Waals surface area contributed by atoms with Crippen molar-refractivity contribution in [1.29, 1.82) is 0 Å². The van der Waals surface area contributed by atoms with Gasteiger partial charge in [-0.1, -0.05) is 18.2 Å². The molecule has 0 fully saturated rings. The van der Waals surface area contributed by atoms with Crippen LogP contribution < -0.4 is 10.0 Å². The van der Waals surface area contributed by atoms with Gasteiger partial charge in [-0.05, 0) is 31.3 Å². The van der Waals surface area contributed by atoms with Crippen LogP contribution in [0.1, 0.15) is 10.4 Å². The highest BCUT2D eigenvalue weighted by atomic mass is 32.2. The average Bonchev–Trinajstić information content (AvgIpc) is 2.94. The SMILES string of the molecule is CNS(=O)(=O)c1cc(NC(=O)c2cn(C)c3ccccc23)ccc1O. The summed E-state index contributed by atoms with van der Waals surface area (Å²) in [6, 6.07) is 11.4. The lowest BCUT2D eigenvalue weighted by atomic mass is 10.1. The minimum atomic E-state index is -3.84. The molecule has 0 atom stereocenters. The molecule has 1 heterocycles. The molecule has 0 aliphatic rings. The summed E-state index contributed by atoms with van der Waals surface area (Å²) in [4.78, 5) is 12.3. The minimum Gasteiger partial charge on any atom is -0.507 e. The Morgan fingerprint density at radius 3 is 2.60 bits per heavy atom. The Balaban J connectivity index is 1.97. The lowest BCUT2D eigenvalue weighted by Crippen LogP contribution is -2.19. The molecule has 0 aliphatic heterocycles. The largest absolute Gasteiger partial charge is 0.507 e. The van der Waals surface area contributed by atoms with Crippen LogP contribution in [0.5, 0.6) is 5.75 Å². The Bertz CT molecular complexity index is 1070. The summed E-state index contributed by atoms with van der Waals surface area (Å²) in [6.07, 6.45) is 1.71. The number of amides is 1. The fourth-order valence-corrected chi connectivity index (χ4v) is 3.48. The number of phenolic OH excluding ortho intramolecular Hbond substituents is 1. The second-order valence-corrected chi connectivity index (χ2v) is 7.37. The fraction of sp³-hybridized carbons (Fsp3) is 0.118. The van der Waals surface area contributed by atoms with Gasteiger partial charge in [0.1, 0.15) is 10.6 Å². The molecule has 3 aromatic rings. The van der Waals surface area contributed by atoms with Gasteiger partial charge in [0.25, 0.3) is 5.91 Å². The number of hydrogen-bond acceptors (Lipinski definition) is 4. The molecule has 3 rings (SSSR count). The number of hydrogen-bond donors (Lipinski definition) is 3. The summed E-state index contributed by atoms with van der Waals surface area (Å²) in [5.41, 5.74) is 1.66. The van der Waals surface area contributed by atoms with Gasteiger partial charge in [0.15, 0.2) is 0 Å². The highest BCUT2D eigenvalue weighted by Crippen LogP contribution is 2.27. The number of aromatic nitrogens is 1. The van der Waals surface area contributed by atoms with E-state index in [1.165, 1.54) is 25.2 Å². The Morgan fingerprint density at radius 1 is 1.16 bits per heavy atom. The monoisotopic (exact) mass is 359 g/mol. The first-order chi connectivity index (χ1) is 11.8. The maximum absolute atomic E-state index is 12.6. The highest BCUT2D eigenvalue weighted by molar-refractivity contribution is 7.89. The van der Waals surface area contributed by atoms with Crippen LogP contribution in [0.2, 0.25) is 0 Å². The normalized spacial score (nSPS) is 11.6. The van der Waals surface area contributed by atoms with Gasteiger partial charge in [-0.3, -0.25) is 4.79 Å². The van der Waals surface area contributed by atoms with E-state index in [2.05, 4.69) is 10.0 Å². The molecular formula is C17H17N3O4S. The quantitative estimate of drug-likeness (QED) is 0.621. The van der Waals surface area contributed by atoms with Crippen molar-refractivity contribution in [1.82, 2.24) is 9.29 Å². The van der Waals surface area contributed by atoms with Gasteiger partial charge < -0.3 is 15.0 Å². The molecule has 7 nitrogen and oxygen atoms in total. The molecule has 0 bridgehead atoms. The third-order valence-electron chi connectivity index (χ3n) is 3.92. The summed E-state index contributed by atoms with van der Waals surface area (Å²) in [7, 11) is -0.747. The van der Waals surface area contributed by atoms with E-state index in [9.17, 15) is 18.3 Å².